The van der Waals surface area contributed by atoms with Crippen molar-refractivity contribution in [1.82, 2.24) is 5.43 Å². The van der Waals surface area contributed by atoms with Gasteiger partial charge in [0.05, 0.1) is 6.04 Å². The average molecular weight is 310 g/mol. The van der Waals surface area contributed by atoms with E-state index in [2.05, 4.69) is 21.4 Å². The maximum Gasteiger partial charge on any atom is 0.142 e. The van der Waals surface area contributed by atoms with Crippen molar-refractivity contribution in [2.24, 2.45) is 10.8 Å². The Kier molecular flexibility index (Phi) is 5.20. The van der Waals surface area contributed by atoms with Gasteiger partial charge in [0.1, 0.15) is 5.84 Å². The van der Waals surface area contributed by atoms with Gasteiger partial charge in [-0.05, 0) is 25.0 Å². The summed E-state index contributed by atoms with van der Waals surface area (Å²) < 4.78 is 1.07. The Morgan fingerprint density at radius 2 is 1.72 bits per heavy atom. The number of amidine groups is 1. The summed E-state index contributed by atoms with van der Waals surface area (Å²) in [6.45, 7) is 0. The molecule has 1 aliphatic carbocycles. The van der Waals surface area contributed by atoms with Crippen LogP contribution in [-0.2, 0) is 0 Å². The number of rotatable bonds is 2. The highest BCUT2D eigenvalue weighted by atomic mass is 79.9. The molecule has 3 nitrogen and oxygen atoms in total. The number of hydrogen-bond acceptors (Lipinski definition) is 2. The predicted octanol–water partition coefficient (Wildman–Crippen LogP) is 3.38. The largest absolute Gasteiger partial charge is 0.308 e. The number of hydrazine groups is 1. The third kappa shape index (κ3) is 3.82. The highest BCUT2D eigenvalue weighted by molar-refractivity contribution is 9.10. The summed E-state index contributed by atoms with van der Waals surface area (Å²) >= 11 is 3.43. The monoisotopic (exact) mass is 309 g/mol. The fourth-order valence-corrected chi connectivity index (χ4v) is 2.64. The molecule has 0 amide bonds. The Morgan fingerprint density at radius 3 is 2.28 bits per heavy atom. The third-order valence-corrected chi connectivity index (χ3v) is 3.92. The van der Waals surface area contributed by atoms with Gasteiger partial charge in [-0.25, -0.2) is 5.84 Å². The van der Waals surface area contributed by atoms with E-state index in [9.17, 15) is 0 Å². The quantitative estimate of drug-likeness (QED) is 0.289. The number of nitrogens with one attached hydrogen (secondary N) is 1. The SMILES string of the molecule is NNC(=NC1CCCCCC1)c1ccc(Br)cc1. The van der Waals surface area contributed by atoms with Gasteiger partial charge in [0.15, 0.2) is 0 Å². The van der Waals surface area contributed by atoms with Crippen LogP contribution in [-0.4, -0.2) is 11.9 Å². The first kappa shape index (κ1) is 13.6. The van der Waals surface area contributed by atoms with Crippen LogP contribution in [0.2, 0.25) is 0 Å². The summed E-state index contributed by atoms with van der Waals surface area (Å²) in [5, 5.41) is 0. The van der Waals surface area contributed by atoms with Crippen molar-refractivity contribution < 1.29 is 0 Å². The molecule has 1 fully saturated rings. The Morgan fingerprint density at radius 1 is 1.11 bits per heavy atom. The molecule has 0 atom stereocenters. The summed E-state index contributed by atoms with van der Waals surface area (Å²) in [6, 6.07) is 8.49. The standard InChI is InChI=1S/C14H20BrN3/c15-12-9-7-11(8-10-12)14(18-16)17-13-5-3-1-2-4-6-13/h7-10,13H,1-6,16H2,(H,17,18). The number of nitrogens with two attached hydrogens (primary N) is 1. The summed E-state index contributed by atoms with van der Waals surface area (Å²) in [7, 11) is 0. The van der Waals surface area contributed by atoms with Gasteiger partial charge in [0, 0.05) is 10.0 Å². The van der Waals surface area contributed by atoms with Crippen molar-refractivity contribution in [2.75, 3.05) is 0 Å². The number of hydrogen-bond donors (Lipinski definition) is 2. The molecular formula is C14H20BrN3. The van der Waals surface area contributed by atoms with E-state index in [0.717, 1.165) is 15.9 Å². The second-order valence-corrected chi connectivity index (χ2v) is 5.69. The van der Waals surface area contributed by atoms with Gasteiger partial charge < -0.3 is 5.43 Å². The highest BCUT2D eigenvalue weighted by Gasteiger charge is 2.12. The van der Waals surface area contributed by atoms with E-state index >= 15 is 0 Å². The van der Waals surface area contributed by atoms with Crippen LogP contribution in [0.5, 0.6) is 0 Å². The van der Waals surface area contributed by atoms with Gasteiger partial charge in [0.25, 0.3) is 0 Å². The second-order valence-electron chi connectivity index (χ2n) is 4.77. The van der Waals surface area contributed by atoms with Crippen LogP contribution in [0.3, 0.4) is 0 Å². The molecule has 1 aliphatic rings. The molecule has 3 N–H and O–H groups in total. The predicted molar refractivity (Wildman–Crippen MR) is 79.5 cm³/mol. The first-order valence-corrected chi connectivity index (χ1v) is 7.39. The minimum atomic E-state index is 0.419. The van der Waals surface area contributed by atoms with E-state index in [0.29, 0.717) is 6.04 Å². The minimum Gasteiger partial charge on any atom is -0.308 e. The van der Waals surface area contributed by atoms with Crippen LogP contribution in [0.15, 0.2) is 33.7 Å². The highest BCUT2D eigenvalue weighted by Crippen LogP contribution is 2.20. The Balaban J connectivity index is 2.13. The smallest absolute Gasteiger partial charge is 0.142 e. The van der Waals surface area contributed by atoms with Crippen LogP contribution in [0.4, 0.5) is 0 Å². The lowest BCUT2D eigenvalue weighted by Gasteiger charge is -2.12. The molecule has 1 aromatic rings. The summed E-state index contributed by atoms with van der Waals surface area (Å²) in [6.07, 6.45) is 7.62. The lowest BCUT2D eigenvalue weighted by molar-refractivity contribution is 0.583. The van der Waals surface area contributed by atoms with Crippen LogP contribution >= 0.6 is 15.9 Å². The molecule has 2 rings (SSSR count). The molecule has 0 radical (unpaired) electrons. The summed E-state index contributed by atoms with van der Waals surface area (Å²) in [5.41, 5.74) is 3.79. The van der Waals surface area contributed by atoms with Gasteiger partial charge in [-0.1, -0.05) is 53.7 Å². The van der Waals surface area contributed by atoms with E-state index in [1.54, 1.807) is 0 Å². The Bertz CT molecular complexity index is 392. The van der Waals surface area contributed by atoms with E-state index in [-0.39, 0.29) is 0 Å². The number of nitrogens with zero attached hydrogens (tertiary/aromatic N) is 1. The molecule has 0 saturated heterocycles. The Hall–Kier alpha value is -0.870. The molecule has 0 bridgehead atoms. The van der Waals surface area contributed by atoms with Gasteiger partial charge in [-0.2, -0.15) is 0 Å². The molecule has 1 aromatic carbocycles. The molecule has 0 spiro atoms. The first-order valence-electron chi connectivity index (χ1n) is 6.60. The normalized spacial score (nSPS) is 18.4. The van der Waals surface area contributed by atoms with Crippen LogP contribution in [0.1, 0.15) is 44.1 Å². The van der Waals surface area contributed by atoms with Crippen molar-refractivity contribution in [3.8, 4) is 0 Å². The molecule has 0 aromatic heterocycles. The Labute approximate surface area is 117 Å². The van der Waals surface area contributed by atoms with Gasteiger partial charge in [-0.15, -0.1) is 0 Å². The zero-order chi connectivity index (χ0) is 12.8. The molecule has 18 heavy (non-hydrogen) atoms. The van der Waals surface area contributed by atoms with Crippen molar-refractivity contribution >= 4 is 21.8 Å². The molecule has 98 valence electrons. The van der Waals surface area contributed by atoms with Crippen molar-refractivity contribution in [2.45, 2.75) is 44.6 Å². The maximum atomic E-state index is 5.61. The van der Waals surface area contributed by atoms with Crippen LogP contribution < -0.4 is 11.3 Å². The first-order chi connectivity index (χ1) is 8.79. The fraction of sp³-hybridized carbons (Fsp3) is 0.500. The van der Waals surface area contributed by atoms with Gasteiger partial charge in [0.2, 0.25) is 0 Å². The topological polar surface area (TPSA) is 50.4 Å². The van der Waals surface area contributed by atoms with Gasteiger partial charge >= 0.3 is 0 Å². The zero-order valence-electron chi connectivity index (χ0n) is 10.5. The zero-order valence-corrected chi connectivity index (χ0v) is 12.1. The van der Waals surface area contributed by atoms with E-state index in [1.165, 1.54) is 38.5 Å². The molecule has 1 saturated carbocycles. The van der Waals surface area contributed by atoms with Crippen molar-refractivity contribution in [3.63, 3.8) is 0 Å². The number of benzene rings is 1. The summed E-state index contributed by atoms with van der Waals surface area (Å²) in [4.78, 5) is 4.78. The third-order valence-electron chi connectivity index (χ3n) is 3.39. The molecular weight excluding hydrogens is 290 g/mol. The molecule has 4 heteroatoms. The summed E-state index contributed by atoms with van der Waals surface area (Å²) in [5.74, 6) is 6.41. The molecule has 0 aliphatic heterocycles. The van der Waals surface area contributed by atoms with E-state index in [4.69, 9.17) is 10.8 Å². The fourth-order valence-electron chi connectivity index (χ4n) is 2.37. The van der Waals surface area contributed by atoms with Crippen molar-refractivity contribution in [1.29, 1.82) is 0 Å². The van der Waals surface area contributed by atoms with Crippen LogP contribution in [0, 0.1) is 0 Å². The second kappa shape index (κ2) is 6.90. The minimum absolute atomic E-state index is 0.419. The van der Waals surface area contributed by atoms with E-state index in [1.807, 2.05) is 24.3 Å². The van der Waals surface area contributed by atoms with Crippen LogP contribution in [0.25, 0.3) is 0 Å². The molecule has 0 unspecified atom stereocenters. The lowest BCUT2D eigenvalue weighted by Crippen LogP contribution is -2.32. The average Bonchev–Trinajstić information content (AvgIpc) is 2.66. The maximum absolute atomic E-state index is 5.61. The number of halogens is 1. The number of aliphatic imine (C=N–C) groups is 1. The lowest BCUT2D eigenvalue weighted by atomic mass is 10.1. The van der Waals surface area contributed by atoms with E-state index < -0.39 is 0 Å². The van der Waals surface area contributed by atoms with Gasteiger partial charge in [-0.3, -0.25) is 4.99 Å². The molecule has 0 heterocycles. The van der Waals surface area contributed by atoms with Crippen molar-refractivity contribution in [3.05, 3.63) is 34.3 Å².